The number of nitrogens with zero attached hydrogens (tertiary/aromatic N) is 1. The Kier molecular flexibility index (Phi) is 5.15. The number of rotatable bonds is 6. The van der Waals surface area contributed by atoms with Gasteiger partial charge in [-0.2, -0.15) is 0 Å². The van der Waals surface area contributed by atoms with Crippen LogP contribution in [0.3, 0.4) is 0 Å². The van der Waals surface area contributed by atoms with Gasteiger partial charge in [0.2, 0.25) is 0 Å². The smallest absolute Gasteiger partial charge is 0.324 e. The molecule has 0 saturated carbocycles. The molecule has 1 saturated heterocycles. The van der Waals surface area contributed by atoms with Gasteiger partial charge < -0.3 is 14.7 Å². The zero-order valence-corrected chi connectivity index (χ0v) is 13.8. The number of carboxylic acid groups (broad SMARTS) is 1. The Morgan fingerprint density at radius 1 is 1.35 bits per heavy atom. The summed E-state index contributed by atoms with van der Waals surface area (Å²) in [5.41, 5.74) is 0. The summed E-state index contributed by atoms with van der Waals surface area (Å²) in [4.78, 5) is 37.2. The van der Waals surface area contributed by atoms with Crippen molar-refractivity contribution >= 4 is 29.7 Å². The fourth-order valence-corrected chi connectivity index (χ4v) is 3.69. The lowest BCUT2D eigenvalue weighted by Crippen LogP contribution is -2.45. The largest absolute Gasteiger partial charge is 0.497 e. The summed E-state index contributed by atoms with van der Waals surface area (Å²) in [7, 11) is 3.04. The molecule has 2 N–H and O–H groups in total. The van der Waals surface area contributed by atoms with Gasteiger partial charge in [0, 0.05) is 11.9 Å². The molecular weight excluding hydrogens is 320 g/mol. The minimum Gasteiger partial charge on any atom is -0.497 e. The van der Waals surface area contributed by atoms with Crippen LogP contribution in [0.2, 0.25) is 0 Å². The van der Waals surface area contributed by atoms with Gasteiger partial charge >= 0.3 is 12.0 Å². The molecule has 0 bridgehead atoms. The number of thioether (sulfide) groups is 1. The molecule has 1 fully saturated rings. The Bertz CT molecular complexity index is 619. The summed E-state index contributed by atoms with van der Waals surface area (Å²) in [6.07, 6.45) is 0. The molecule has 1 heterocycles. The number of ether oxygens (including phenoxy) is 1. The Labute approximate surface area is 138 Å². The molecular formula is C15H18N2O5S. The molecule has 3 amide bonds. The van der Waals surface area contributed by atoms with Crippen LogP contribution in [0.15, 0.2) is 29.2 Å². The van der Waals surface area contributed by atoms with Gasteiger partial charge in [0.1, 0.15) is 11.8 Å². The Hall–Kier alpha value is -2.22. The first kappa shape index (κ1) is 17.1. The molecule has 3 atom stereocenters. The van der Waals surface area contributed by atoms with Crippen LogP contribution in [0, 0.1) is 5.92 Å². The quantitative estimate of drug-likeness (QED) is 0.602. The highest BCUT2D eigenvalue weighted by Crippen LogP contribution is 2.34. The molecule has 8 heteroatoms. The number of imide groups is 1. The molecule has 0 spiro atoms. The van der Waals surface area contributed by atoms with Gasteiger partial charge in [-0.25, -0.2) is 4.79 Å². The second kappa shape index (κ2) is 6.91. The van der Waals surface area contributed by atoms with Crippen LogP contribution in [0.4, 0.5) is 4.79 Å². The third-order valence-electron chi connectivity index (χ3n) is 3.76. The number of methoxy groups -OCH3 is 1. The molecule has 3 unspecified atom stereocenters. The van der Waals surface area contributed by atoms with E-state index in [1.54, 1.807) is 31.4 Å². The zero-order chi connectivity index (χ0) is 17.1. The molecule has 23 heavy (non-hydrogen) atoms. The maximum atomic E-state index is 12.1. The number of carbonyl (C=O) groups is 3. The van der Waals surface area contributed by atoms with Gasteiger partial charge in [-0.05, 0) is 24.3 Å². The molecule has 0 aliphatic carbocycles. The topological polar surface area (TPSA) is 95.9 Å². The molecule has 0 aromatic heterocycles. The van der Waals surface area contributed by atoms with Crippen molar-refractivity contribution in [2.45, 2.75) is 23.1 Å². The fourth-order valence-electron chi connectivity index (χ4n) is 2.33. The predicted molar refractivity (Wildman–Crippen MR) is 84.5 cm³/mol. The van der Waals surface area contributed by atoms with Crippen molar-refractivity contribution in [3.63, 3.8) is 0 Å². The van der Waals surface area contributed by atoms with Gasteiger partial charge in [0.25, 0.3) is 5.91 Å². The van der Waals surface area contributed by atoms with E-state index in [1.807, 2.05) is 0 Å². The Morgan fingerprint density at radius 2 is 1.96 bits per heavy atom. The number of hydrogen-bond donors (Lipinski definition) is 2. The monoisotopic (exact) mass is 338 g/mol. The summed E-state index contributed by atoms with van der Waals surface area (Å²) >= 11 is 1.26. The maximum absolute atomic E-state index is 12.1. The minimum absolute atomic E-state index is 0.475. The zero-order valence-electron chi connectivity index (χ0n) is 13.0. The van der Waals surface area contributed by atoms with E-state index in [1.165, 1.54) is 30.6 Å². The van der Waals surface area contributed by atoms with Crippen molar-refractivity contribution in [1.82, 2.24) is 10.2 Å². The third kappa shape index (κ3) is 3.58. The van der Waals surface area contributed by atoms with Gasteiger partial charge in [0.05, 0.1) is 18.3 Å². The lowest BCUT2D eigenvalue weighted by atomic mass is 10.0. The number of nitrogens with one attached hydrogen (secondary N) is 1. The minimum atomic E-state index is -1.02. The van der Waals surface area contributed by atoms with Crippen LogP contribution in [0.5, 0.6) is 5.75 Å². The number of aliphatic carboxylic acids is 1. The van der Waals surface area contributed by atoms with Crippen molar-refractivity contribution in [2.75, 3.05) is 14.2 Å². The maximum Gasteiger partial charge on any atom is 0.324 e. The highest BCUT2D eigenvalue weighted by Gasteiger charge is 2.45. The molecule has 1 aliphatic rings. The lowest BCUT2D eigenvalue weighted by Gasteiger charge is -2.28. The van der Waals surface area contributed by atoms with Crippen molar-refractivity contribution in [3.8, 4) is 5.75 Å². The van der Waals surface area contributed by atoms with Crippen LogP contribution in [0.25, 0.3) is 0 Å². The molecule has 0 radical (unpaired) electrons. The second-order valence-electron chi connectivity index (χ2n) is 5.24. The first-order valence-corrected chi connectivity index (χ1v) is 7.84. The van der Waals surface area contributed by atoms with E-state index >= 15 is 0 Å². The molecule has 1 aromatic carbocycles. The number of carbonyl (C=O) groups excluding carboxylic acids is 2. The summed E-state index contributed by atoms with van der Waals surface area (Å²) in [6, 6.07) is 5.75. The molecule has 1 aromatic rings. The summed E-state index contributed by atoms with van der Waals surface area (Å²) < 4.78 is 5.09. The van der Waals surface area contributed by atoms with Gasteiger partial charge in [-0.1, -0.05) is 6.92 Å². The van der Waals surface area contributed by atoms with Crippen molar-refractivity contribution < 1.29 is 24.2 Å². The first-order valence-electron chi connectivity index (χ1n) is 6.96. The predicted octanol–water partition coefficient (Wildman–Crippen LogP) is 1.43. The molecule has 7 nitrogen and oxygen atoms in total. The average Bonchev–Trinajstić information content (AvgIpc) is 2.78. The standard InChI is InChI=1S/C15H18N2O5S/c1-8(14(19)20)12(11-13(18)16-15(21)17(11)2)23-10-6-4-9(22-3)5-7-10/h4-8,11-12H,1-3H3,(H,19,20)(H,16,18,21). The van der Waals surface area contributed by atoms with Crippen molar-refractivity contribution in [2.24, 2.45) is 5.92 Å². The van der Waals surface area contributed by atoms with Crippen LogP contribution < -0.4 is 10.1 Å². The van der Waals surface area contributed by atoms with E-state index in [-0.39, 0.29) is 0 Å². The van der Waals surface area contributed by atoms with Crippen LogP contribution in [0.1, 0.15) is 6.92 Å². The van der Waals surface area contributed by atoms with E-state index in [0.717, 1.165) is 4.90 Å². The second-order valence-corrected chi connectivity index (χ2v) is 6.49. The lowest BCUT2D eigenvalue weighted by molar-refractivity contribution is -0.141. The Morgan fingerprint density at radius 3 is 2.39 bits per heavy atom. The molecule has 1 aliphatic heterocycles. The molecule has 124 valence electrons. The Balaban J connectivity index is 2.28. The highest BCUT2D eigenvalue weighted by molar-refractivity contribution is 8.00. The first-order chi connectivity index (χ1) is 10.8. The fraction of sp³-hybridized carbons (Fsp3) is 0.400. The number of urea groups is 1. The van der Waals surface area contributed by atoms with E-state index in [2.05, 4.69) is 5.32 Å². The van der Waals surface area contributed by atoms with Crippen LogP contribution in [-0.2, 0) is 9.59 Å². The van der Waals surface area contributed by atoms with Crippen molar-refractivity contribution in [1.29, 1.82) is 0 Å². The normalized spacial score (nSPS) is 20.1. The molecule has 2 rings (SSSR count). The van der Waals surface area contributed by atoms with Crippen LogP contribution in [-0.4, -0.2) is 53.4 Å². The van der Waals surface area contributed by atoms with E-state index in [4.69, 9.17) is 4.74 Å². The van der Waals surface area contributed by atoms with E-state index < -0.39 is 35.1 Å². The summed E-state index contributed by atoms with van der Waals surface area (Å²) in [5, 5.41) is 10.9. The number of hydrogen-bond acceptors (Lipinski definition) is 5. The van der Waals surface area contributed by atoms with Crippen LogP contribution >= 0.6 is 11.8 Å². The average molecular weight is 338 g/mol. The SMILES string of the molecule is COc1ccc(SC(C(C)C(=O)O)C2C(=O)NC(=O)N2C)cc1. The highest BCUT2D eigenvalue weighted by atomic mass is 32.2. The van der Waals surface area contributed by atoms with E-state index in [9.17, 15) is 19.5 Å². The van der Waals surface area contributed by atoms with Gasteiger partial charge in [-0.15, -0.1) is 11.8 Å². The summed E-state index contributed by atoms with van der Waals surface area (Å²) in [6.45, 7) is 1.54. The number of carboxylic acids is 1. The number of benzene rings is 1. The number of amides is 3. The van der Waals surface area contributed by atoms with Gasteiger partial charge in [-0.3, -0.25) is 14.9 Å². The van der Waals surface area contributed by atoms with E-state index in [0.29, 0.717) is 5.75 Å². The van der Waals surface area contributed by atoms with Gasteiger partial charge in [0.15, 0.2) is 0 Å². The summed E-state index contributed by atoms with van der Waals surface area (Å²) in [5.74, 6) is -1.62. The third-order valence-corrected chi connectivity index (χ3v) is 5.24. The number of likely N-dealkylation sites (N-methyl/N-ethyl adjacent to an activating group) is 1. The van der Waals surface area contributed by atoms with Crippen molar-refractivity contribution in [3.05, 3.63) is 24.3 Å².